The molecule has 4 heteroatoms. The fourth-order valence-electron chi connectivity index (χ4n) is 3.45. The number of halogens is 2. The standard InChI is InChI=1S/C17H24Cl2N2/c1-2-3-15-11-21(17(9-20-15)12-4-5-12)10-13-8-14(18)6-7-16(13)19/h6-8,12,15,17,20H,2-5,9-11H2,1H3. The number of piperazine rings is 1. The van der Waals surface area contributed by atoms with Crippen LogP contribution in [0.2, 0.25) is 10.0 Å². The zero-order valence-electron chi connectivity index (χ0n) is 12.6. The van der Waals surface area contributed by atoms with Gasteiger partial charge in [0, 0.05) is 41.8 Å². The molecule has 0 amide bonds. The maximum atomic E-state index is 6.35. The van der Waals surface area contributed by atoms with Crippen molar-refractivity contribution in [1.82, 2.24) is 10.2 Å². The first-order chi connectivity index (χ1) is 10.2. The SMILES string of the molecule is CCCC1CN(Cc2cc(Cl)ccc2Cl)C(C2CC2)CN1. The Morgan fingerprint density at radius 1 is 1.29 bits per heavy atom. The molecule has 0 spiro atoms. The Morgan fingerprint density at radius 2 is 2.10 bits per heavy atom. The van der Waals surface area contributed by atoms with Crippen LogP contribution in [0, 0.1) is 5.92 Å². The zero-order chi connectivity index (χ0) is 14.8. The first-order valence-corrected chi connectivity index (χ1v) is 8.84. The second kappa shape index (κ2) is 6.87. The van der Waals surface area contributed by atoms with E-state index in [1.54, 1.807) is 0 Å². The predicted molar refractivity (Wildman–Crippen MR) is 90.1 cm³/mol. The van der Waals surface area contributed by atoms with Crippen LogP contribution >= 0.6 is 23.2 Å². The Labute approximate surface area is 137 Å². The molecule has 2 unspecified atom stereocenters. The van der Waals surface area contributed by atoms with Crippen LogP contribution in [0.25, 0.3) is 0 Å². The summed E-state index contributed by atoms with van der Waals surface area (Å²) in [5.41, 5.74) is 1.16. The maximum absolute atomic E-state index is 6.35. The van der Waals surface area contributed by atoms with Crippen LogP contribution in [0.1, 0.15) is 38.2 Å². The molecule has 2 nitrogen and oxygen atoms in total. The summed E-state index contributed by atoms with van der Waals surface area (Å²) in [6, 6.07) is 7.07. The lowest BCUT2D eigenvalue weighted by atomic mass is 10.0. The minimum Gasteiger partial charge on any atom is -0.311 e. The van der Waals surface area contributed by atoms with Crippen LogP contribution in [0.3, 0.4) is 0 Å². The van der Waals surface area contributed by atoms with Gasteiger partial charge in [0.25, 0.3) is 0 Å². The predicted octanol–water partition coefficient (Wildman–Crippen LogP) is 4.35. The third-order valence-electron chi connectivity index (χ3n) is 4.72. The summed E-state index contributed by atoms with van der Waals surface area (Å²) in [4.78, 5) is 2.63. The molecule has 1 saturated carbocycles. The molecule has 1 aromatic rings. The van der Waals surface area contributed by atoms with Crippen LogP contribution in [-0.2, 0) is 6.54 Å². The Hall–Kier alpha value is -0.280. The van der Waals surface area contributed by atoms with Crippen LogP contribution in [0.4, 0.5) is 0 Å². The van der Waals surface area contributed by atoms with Gasteiger partial charge in [-0.05, 0) is 48.9 Å². The lowest BCUT2D eigenvalue weighted by Crippen LogP contribution is -2.56. The van der Waals surface area contributed by atoms with Crippen molar-refractivity contribution in [1.29, 1.82) is 0 Å². The highest BCUT2D eigenvalue weighted by atomic mass is 35.5. The summed E-state index contributed by atoms with van der Waals surface area (Å²) in [5, 5.41) is 5.34. The summed E-state index contributed by atoms with van der Waals surface area (Å²) in [6.07, 6.45) is 5.24. The molecule has 3 rings (SSSR count). The Kier molecular flexibility index (Phi) is 5.11. The summed E-state index contributed by atoms with van der Waals surface area (Å²) in [6.45, 7) is 5.42. The van der Waals surface area contributed by atoms with Gasteiger partial charge in [-0.15, -0.1) is 0 Å². The van der Waals surface area contributed by atoms with E-state index in [1.165, 1.54) is 25.7 Å². The van der Waals surface area contributed by atoms with Gasteiger partial charge in [-0.3, -0.25) is 4.90 Å². The molecule has 1 N–H and O–H groups in total. The third kappa shape index (κ3) is 3.92. The van der Waals surface area contributed by atoms with Crippen molar-refractivity contribution in [3.8, 4) is 0 Å². The van der Waals surface area contributed by atoms with Gasteiger partial charge >= 0.3 is 0 Å². The largest absolute Gasteiger partial charge is 0.311 e. The van der Waals surface area contributed by atoms with Crippen molar-refractivity contribution in [3.63, 3.8) is 0 Å². The summed E-state index contributed by atoms with van der Waals surface area (Å²) < 4.78 is 0. The highest BCUT2D eigenvalue weighted by molar-refractivity contribution is 6.33. The monoisotopic (exact) mass is 326 g/mol. The van der Waals surface area contributed by atoms with Crippen molar-refractivity contribution < 1.29 is 0 Å². The van der Waals surface area contributed by atoms with Gasteiger partial charge in [-0.25, -0.2) is 0 Å². The van der Waals surface area contributed by atoms with Crippen molar-refractivity contribution in [2.45, 2.75) is 51.2 Å². The molecule has 21 heavy (non-hydrogen) atoms. The number of benzene rings is 1. The Bertz CT molecular complexity index is 488. The molecule has 116 valence electrons. The second-order valence-electron chi connectivity index (χ2n) is 6.46. The molecular formula is C17H24Cl2N2. The van der Waals surface area contributed by atoms with Crippen LogP contribution in [-0.4, -0.2) is 30.1 Å². The van der Waals surface area contributed by atoms with E-state index in [0.717, 1.165) is 41.2 Å². The van der Waals surface area contributed by atoms with Gasteiger partial charge in [-0.2, -0.15) is 0 Å². The van der Waals surface area contributed by atoms with E-state index in [1.807, 2.05) is 18.2 Å². The third-order valence-corrected chi connectivity index (χ3v) is 5.33. The number of hydrogen-bond acceptors (Lipinski definition) is 2. The minimum atomic E-state index is 0.614. The topological polar surface area (TPSA) is 15.3 Å². The minimum absolute atomic E-state index is 0.614. The highest BCUT2D eigenvalue weighted by Gasteiger charge is 2.38. The fourth-order valence-corrected chi connectivity index (χ4v) is 3.82. The smallest absolute Gasteiger partial charge is 0.0452 e. The summed E-state index contributed by atoms with van der Waals surface area (Å²) in [5.74, 6) is 0.873. The van der Waals surface area contributed by atoms with E-state index in [2.05, 4.69) is 17.1 Å². The molecule has 1 aliphatic carbocycles. The summed E-state index contributed by atoms with van der Waals surface area (Å²) in [7, 11) is 0. The normalized spacial score (nSPS) is 27.0. The van der Waals surface area contributed by atoms with Crippen LogP contribution in [0.5, 0.6) is 0 Å². The molecule has 0 radical (unpaired) electrons. The van der Waals surface area contributed by atoms with Crippen LogP contribution < -0.4 is 5.32 Å². The second-order valence-corrected chi connectivity index (χ2v) is 7.31. The lowest BCUT2D eigenvalue weighted by molar-refractivity contribution is 0.104. The van der Waals surface area contributed by atoms with Gasteiger partial charge in [0.2, 0.25) is 0 Å². The van der Waals surface area contributed by atoms with Gasteiger partial charge in [0.15, 0.2) is 0 Å². The van der Waals surface area contributed by atoms with Gasteiger partial charge in [0.05, 0.1) is 0 Å². The van der Waals surface area contributed by atoms with Crippen molar-refractivity contribution in [2.24, 2.45) is 5.92 Å². The van der Waals surface area contributed by atoms with E-state index >= 15 is 0 Å². The van der Waals surface area contributed by atoms with Gasteiger partial charge in [-0.1, -0.05) is 36.5 Å². The maximum Gasteiger partial charge on any atom is 0.0452 e. The molecular weight excluding hydrogens is 303 g/mol. The van der Waals surface area contributed by atoms with Gasteiger partial charge in [0.1, 0.15) is 0 Å². The highest BCUT2D eigenvalue weighted by Crippen LogP contribution is 2.37. The van der Waals surface area contributed by atoms with Crippen molar-refractivity contribution >= 4 is 23.2 Å². The molecule has 1 saturated heterocycles. The molecule has 2 aliphatic rings. The molecule has 1 aliphatic heterocycles. The molecule has 2 fully saturated rings. The molecule has 2 atom stereocenters. The van der Waals surface area contributed by atoms with Crippen molar-refractivity contribution in [3.05, 3.63) is 33.8 Å². The molecule has 1 aromatic carbocycles. The van der Waals surface area contributed by atoms with E-state index < -0.39 is 0 Å². The summed E-state index contributed by atoms with van der Waals surface area (Å²) >= 11 is 12.5. The van der Waals surface area contributed by atoms with E-state index in [0.29, 0.717) is 12.1 Å². The molecule has 0 bridgehead atoms. The van der Waals surface area contributed by atoms with E-state index in [4.69, 9.17) is 23.2 Å². The number of nitrogens with zero attached hydrogens (tertiary/aromatic N) is 1. The van der Waals surface area contributed by atoms with E-state index in [-0.39, 0.29) is 0 Å². The van der Waals surface area contributed by atoms with E-state index in [9.17, 15) is 0 Å². The zero-order valence-corrected chi connectivity index (χ0v) is 14.1. The number of rotatable bonds is 5. The van der Waals surface area contributed by atoms with Crippen molar-refractivity contribution in [2.75, 3.05) is 13.1 Å². The Morgan fingerprint density at radius 3 is 2.81 bits per heavy atom. The van der Waals surface area contributed by atoms with Crippen LogP contribution in [0.15, 0.2) is 18.2 Å². The quantitative estimate of drug-likeness (QED) is 0.865. The molecule has 0 aromatic heterocycles. The van der Waals surface area contributed by atoms with Gasteiger partial charge < -0.3 is 5.32 Å². The molecule has 1 heterocycles. The lowest BCUT2D eigenvalue weighted by Gasteiger charge is -2.41. The number of hydrogen-bond donors (Lipinski definition) is 1. The first kappa shape index (κ1) is 15.6. The average Bonchev–Trinajstić information content (AvgIpc) is 3.28. The first-order valence-electron chi connectivity index (χ1n) is 8.08. The average molecular weight is 327 g/mol. The number of nitrogens with one attached hydrogen (secondary N) is 1. The Balaban J connectivity index is 1.73. The fraction of sp³-hybridized carbons (Fsp3) is 0.647.